The van der Waals surface area contributed by atoms with Crippen LogP contribution in [0.25, 0.3) is 0 Å². The largest absolute Gasteiger partial charge is 0.454 e. The normalized spacial score (nSPS) is 12.3. The fraction of sp³-hybridized carbons (Fsp3) is 0.0714. The Labute approximate surface area is 118 Å². The summed E-state index contributed by atoms with van der Waals surface area (Å²) >= 11 is 3.34. The molecular formula is C14H10BrNO3. The van der Waals surface area contributed by atoms with E-state index < -0.39 is 0 Å². The second kappa shape index (κ2) is 4.93. The first-order valence-corrected chi connectivity index (χ1v) is 6.48. The summed E-state index contributed by atoms with van der Waals surface area (Å²) in [7, 11) is 0. The van der Waals surface area contributed by atoms with Crippen LogP contribution in [0.1, 0.15) is 10.4 Å². The third-order valence-electron chi connectivity index (χ3n) is 2.72. The molecule has 0 saturated heterocycles. The number of carbonyl (C=O) groups is 1. The van der Waals surface area contributed by atoms with E-state index >= 15 is 0 Å². The first kappa shape index (κ1) is 12.0. The Morgan fingerprint density at radius 2 is 1.95 bits per heavy atom. The number of fused-ring (bicyclic) bond motifs is 1. The standard InChI is InChI=1S/C14H10BrNO3/c15-10-3-1-2-9(6-10)14(17)16-11-4-5-12-13(7-11)19-8-18-12/h1-7H,8H2,(H,16,17). The minimum Gasteiger partial charge on any atom is -0.454 e. The number of ether oxygens (including phenoxy) is 2. The highest BCUT2D eigenvalue weighted by atomic mass is 79.9. The average molecular weight is 320 g/mol. The lowest BCUT2D eigenvalue weighted by Crippen LogP contribution is -2.11. The zero-order valence-electron chi connectivity index (χ0n) is 9.85. The zero-order chi connectivity index (χ0) is 13.2. The molecular weight excluding hydrogens is 310 g/mol. The highest BCUT2D eigenvalue weighted by molar-refractivity contribution is 9.10. The fourth-order valence-electron chi connectivity index (χ4n) is 1.81. The number of nitrogens with one attached hydrogen (secondary N) is 1. The van der Waals surface area contributed by atoms with Gasteiger partial charge in [0.05, 0.1) is 0 Å². The van der Waals surface area contributed by atoms with Crippen molar-refractivity contribution in [1.29, 1.82) is 0 Å². The van der Waals surface area contributed by atoms with Crippen LogP contribution < -0.4 is 14.8 Å². The third-order valence-corrected chi connectivity index (χ3v) is 3.21. The Morgan fingerprint density at radius 1 is 1.11 bits per heavy atom. The van der Waals surface area contributed by atoms with Gasteiger partial charge in [0.15, 0.2) is 11.5 Å². The van der Waals surface area contributed by atoms with E-state index in [4.69, 9.17) is 9.47 Å². The number of anilines is 1. The van der Waals surface area contributed by atoms with Crippen LogP contribution in [0.15, 0.2) is 46.9 Å². The maximum atomic E-state index is 12.1. The number of halogens is 1. The van der Waals surface area contributed by atoms with Gasteiger partial charge in [0.1, 0.15) is 0 Å². The van der Waals surface area contributed by atoms with Crippen molar-refractivity contribution in [1.82, 2.24) is 0 Å². The molecule has 0 fully saturated rings. The second-order valence-electron chi connectivity index (χ2n) is 4.03. The van der Waals surface area contributed by atoms with Gasteiger partial charge in [0, 0.05) is 21.8 Å². The summed E-state index contributed by atoms with van der Waals surface area (Å²) in [6, 6.07) is 12.5. The summed E-state index contributed by atoms with van der Waals surface area (Å²) in [5.74, 6) is 1.17. The molecule has 2 aromatic carbocycles. The summed E-state index contributed by atoms with van der Waals surface area (Å²) in [6.07, 6.45) is 0. The summed E-state index contributed by atoms with van der Waals surface area (Å²) in [4.78, 5) is 12.1. The summed E-state index contributed by atoms with van der Waals surface area (Å²) in [6.45, 7) is 0.221. The van der Waals surface area contributed by atoms with Gasteiger partial charge >= 0.3 is 0 Å². The minimum atomic E-state index is -0.167. The molecule has 19 heavy (non-hydrogen) atoms. The number of amides is 1. The maximum Gasteiger partial charge on any atom is 0.255 e. The third kappa shape index (κ3) is 2.56. The van der Waals surface area contributed by atoms with Crippen molar-refractivity contribution in [2.45, 2.75) is 0 Å². The van der Waals surface area contributed by atoms with E-state index in [-0.39, 0.29) is 12.7 Å². The van der Waals surface area contributed by atoms with E-state index in [1.54, 1.807) is 30.3 Å². The number of hydrogen-bond acceptors (Lipinski definition) is 3. The first-order chi connectivity index (χ1) is 9.22. The maximum absolute atomic E-state index is 12.1. The van der Waals surface area contributed by atoms with Gasteiger partial charge < -0.3 is 14.8 Å². The summed E-state index contributed by atoms with van der Waals surface area (Å²) in [5.41, 5.74) is 1.27. The quantitative estimate of drug-likeness (QED) is 0.922. The highest BCUT2D eigenvalue weighted by Gasteiger charge is 2.14. The van der Waals surface area contributed by atoms with Gasteiger partial charge in [-0.25, -0.2) is 0 Å². The van der Waals surface area contributed by atoms with Crippen LogP contribution in [0.5, 0.6) is 11.5 Å². The molecule has 0 radical (unpaired) electrons. The molecule has 3 rings (SSSR count). The van der Waals surface area contributed by atoms with Crippen molar-refractivity contribution in [3.63, 3.8) is 0 Å². The Morgan fingerprint density at radius 3 is 2.79 bits per heavy atom. The molecule has 0 aromatic heterocycles. The summed E-state index contributed by atoms with van der Waals surface area (Å²) in [5, 5.41) is 2.82. The van der Waals surface area contributed by atoms with E-state index in [9.17, 15) is 4.79 Å². The Balaban J connectivity index is 1.80. The summed E-state index contributed by atoms with van der Waals surface area (Å²) < 4.78 is 11.3. The SMILES string of the molecule is O=C(Nc1ccc2c(c1)OCO2)c1cccc(Br)c1. The van der Waals surface area contributed by atoms with Crippen LogP contribution in [-0.4, -0.2) is 12.7 Å². The molecule has 1 amide bonds. The molecule has 4 nitrogen and oxygen atoms in total. The molecule has 0 saturated carbocycles. The minimum absolute atomic E-state index is 0.167. The van der Waals surface area contributed by atoms with Crippen molar-refractivity contribution in [3.05, 3.63) is 52.5 Å². The van der Waals surface area contributed by atoms with Gasteiger partial charge in [0.25, 0.3) is 5.91 Å². The molecule has 0 spiro atoms. The van der Waals surface area contributed by atoms with Crippen LogP contribution in [0.3, 0.4) is 0 Å². The van der Waals surface area contributed by atoms with E-state index in [1.165, 1.54) is 0 Å². The van der Waals surface area contributed by atoms with Gasteiger partial charge in [0.2, 0.25) is 6.79 Å². The molecule has 5 heteroatoms. The van der Waals surface area contributed by atoms with Crippen molar-refractivity contribution in [2.24, 2.45) is 0 Å². The molecule has 1 heterocycles. The van der Waals surface area contributed by atoms with Crippen LogP contribution in [-0.2, 0) is 0 Å². The van der Waals surface area contributed by atoms with Crippen LogP contribution in [0, 0.1) is 0 Å². The fourth-order valence-corrected chi connectivity index (χ4v) is 2.21. The number of rotatable bonds is 2. The van der Waals surface area contributed by atoms with Crippen molar-refractivity contribution in [3.8, 4) is 11.5 Å². The highest BCUT2D eigenvalue weighted by Crippen LogP contribution is 2.34. The van der Waals surface area contributed by atoms with Crippen LogP contribution in [0.2, 0.25) is 0 Å². The van der Waals surface area contributed by atoms with Crippen molar-refractivity contribution in [2.75, 3.05) is 12.1 Å². The van der Waals surface area contributed by atoms with Crippen LogP contribution in [0.4, 0.5) is 5.69 Å². The number of benzene rings is 2. The lowest BCUT2D eigenvalue weighted by molar-refractivity contribution is 0.102. The molecule has 96 valence electrons. The predicted octanol–water partition coefficient (Wildman–Crippen LogP) is 3.43. The topological polar surface area (TPSA) is 47.6 Å². The molecule has 2 aromatic rings. The smallest absolute Gasteiger partial charge is 0.255 e. The number of carbonyl (C=O) groups excluding carboxylic acids is 1. The Hall–Kier alpha value is -2.01. The van der Waals surface area contributed by atoms with Gasteiger partial charge in [-0.2, -0.15) is 0 Å². The van der Waals surface area contributed by atoms with E-state index in [0.29, 0.717) is 22.7 Å². The monoisotopic (exact) mass is 319 g/mol. The van der Waals surface area contributed by atoms with Gasteiger partial charge in [-0.1, -0.05) is 22.0 Å². The first-order valence-electron chi connectivity index (χ1n) is 5.69. The van der Waals surface area contributed by atoms with Gasteiger partial charge in [-0.05, 0) is 30.3 Å². The van der Waals surface area contributed by atoms with Crippen molar-refractivity contribution >= 4 is 27.5 Å². The molecule has 0 aliphatic carbocycles. The van der Waals surface area contributed by atoms with Gasteiger partial charge in [-0.15, -0.1) is 0 Å². The predicted molar refractivity (Wildman–Crippen MR) is 74.7 cm³/mol. The lowest BCUT2D eigenvalue weighted by Gasteiger charge is -2.06. The Bertz CT molecular complexity index is 642. The van der Waals surface area contributed by atoms with E-state index in [0.717, 1.165) is 4.47 Å². The molecule has 0 atom stereocenters. The van der Waals surface area contributed by atoms with E-state index in [1.807, 2.05) is 12.1 Å². The van der Waals surface area contributed by atoms with Gasteiger partial charge in [-0.3, -0.25) is 4.79 Å². The van der Waals surface area contributed by atoms with Crippen LogP contribution >= 0.6 is 15.9 Å². The Kier molecular flexibility index (Phi) is 3.13. The van der Waals surface area contributed by atoms with E-state index in [2.05, 4.69) is 21.2 Å². The number of hydrogen-bond donors (Lipinski definition) is 1. The molecule has 0 unspecified atom stereocenters. The van der Waals surface area contributed by atoms with Crippen molar-refractivity contribution < 1.29 is 14.3 Å². The zero-order valence-corrected chi connectivity index (χ0v) is 11.4. The molecule has 1 N–H and O–H groups in total. The average Bonchev–Trinajstić information content (AvgIpc) is 2.86. The second-order valence-corrected chi connectivity index (χ2v) is 4.95. The molecule has 1 aliphatic heterocycles. The molecule has 1 aliphatic rings. The lowest BCUT2D eigenvalue weighted by atomic mass is 10.2. The molecule has 0 bridgehead atoms.